The normalized spacial score (nSPS) is 12.8. The molecular formula is C18H30N2O. The first kappa shape index (κ1) is 17.5. The van der Waals surface area contributed by atoms with Crippen LogP contribution in [0.15, 0.2) is 24.3 Å². The van der Waals surface area contributed by atoms with Crippen LogP contribution in [0.3, 0.4) is 0 Å². The molecule has 1 aromatic rings. The van der Waals surface area contributed by atoms with E-state index in [1.807, 2.05) is 0 Å². The van der Waals surface area contributed by atoms with Gasteiger partial charge < -0.3 is 10.6 Å². The number of rotatable bonds is 6. The lowest BCUT2D eigenvalue weighted by Crippen LogP contribution is -2.41. The number of nitrogens with one attached hydrogen (secondary N) is 2. The monoisotopic (exact) mass is 290 g/mol. The molecule has 0 spiro atoms. The average molecular weight is 290 g/mol. The van der Waals surface area contributed by atoms with Crippen molar-refractivity contribution >= 4 is 6.03 Å². The molecule has 2 amide bonds. The second kappa shape index (κ2) is 8.06. The van der Waals surface area contributed by atoms with Gasteiger partial charge >= 0.3 is 6.03 Å². The Hall–Kier alpha value is -1.51. The van der Waals surface area contributed by atoms with Crippen molar-refractivity contribution in [2.45, 2.75) is 71.9 Å². The highest BCUT2D eigenvalue weighted by Gasteiger charge is 2.13. The summed E-state index contributed by atoms with van der Waals surface area (Å²) < 4.78 is 0. The maximum Gasteiger partial charge on any atom is 0.315 e. The summed E-state index contributed by atoms with van der Waals surface area (Å²) in [5, 5.41) is 5.95. The molecule has 0 aliphatic carbocycles. The van der Waals surface area contributed by atoms with Gasteiger partial charge in [-0.3, -0.25) is 0 Å². The first-order valence-corrected chi connectivity index (χ1v) is 8.00. The van der Waals surface area contributed by atoms with E-state index < -0.39 is 0 Å². The molecule has 2 N–H and O–H groups in total. The molecule has 0 saturated heterocycles. The topological polar surface area (TPSA) is 41.1 Å². The number of carbonyl (C=O) groups is 1. The van der Waals surface area contributed by atoms with Crippen molar-refractivity contribution in [1.29, 1.82) is 0 Å². The number of amides is 2. The third kappa shape index (κ3) is 6.19. The predicted molar refractivity (Wildman–Crippen MR) is 89.5 cm³/mol. The molecule has 0 heterocycles. The van der Waals surface area contributed by atoms with Crippen molar-refractivity contribution in [2.24, 2.45) is 0 Å². The zero-order valence-corrected chi connectivity index (χ0v) is 14.1. The van der Waals surface area contributed by atoms with Gasteiger partial charge in [0, 0.05) is 12.6 Å². The second-order valence-electron chi connectivity index (χ2n) is 6.67. The third-order valence-electron chi connectivity index (χ3n) is 3.74. The summed E-state index contributed by atoms with van der Waals surface area (Å²) in [4.78, 5) is 11.9. The molecule has 1 aromatic carbocycles. The van der Waals surface area contributed by atoms with Gasteiger partial charge in [0.05, 0.1) is 0 Å². The van der Waals surface area contributed by atoms with Crippen molar-refractivity contribution in [2.75, 3.05) is 0 Å². The SMILES string of the molecule is CCCC(CC)NC(=O)NCc1ccc(C(C)(C)C)cc1. The minimum Gasteiger partial charge on any atom is -0.335 e. The van der Waals surface area contributed by atoms with Crippen molar-refractivity contribution in [3.63, 3.8) is 0 Å². The molecule has 3 nitrogen and oxygen atoms in total. The van der Waals surface area contributed by atoms with Crippen LogP contribution in [0, 0.1) is 0 Å². The standard InChI is InChI=1S/C18H30N2O/c1-6-8-16(7-2)20-17(21)19-13-14-9-11-15(12-10-14)18(3,4)5/h9-12,16H,6-8,13H2,1-5H3,(H2,19,20,21). The average Bonchev–Trinajstić information content (AvgIpc) is 2.44. The molecule has 1 rings (SSSR count). The van der Waals surface area contributed by atoms with E-state index >= 15 is 0 Å². The van der Waals surface area contributed by atoms with Gasteiger partial charge in [-0.1, -0.05) is 65.3 Å². The number of benzene rings is 1. The smallest absolute Gasteiger partial charge is 0.315 e. The fourth-order valence-electron chi connectivity index (χ4n) is 2.27. The maximum atomic E-state index is 11.9. The van der Waals surface area contributed by atoms with E-state index in [2.05, 4.69) is 69.5 Å². The van der Waals surface area contributed by atoms with Crippen LogP contribution < -0.4 is 10.6 Å². The van der Waals surface area contributed by atoms with Crippen LogP contribution in [0.4, 0.5) is 4.79 Å². The molecule has 0 radical (unpaired) electrons. The van der Waals surface area contributed by atoms with Gasteiger partial charge in [0.2, 0.25) is 0 Å². The summed E-state index contributed by atoms with van der Waals surface area (Å²) in [6, 6.07) is 8.66. The summed E-state index contributed by atoms with van der Waals surface area (Å²) in [7, 11) is 0. The summed E-state index contributed by atoms with van der Waals surface area (Å²) in [6.07, 6.45) is 3.10. The molecular weight excluding hydrogens is 260 g/mol. The van der Waals surface area contributed by atoms with Gasteiger partial charge in [-0.15, -0.1) is 0 Å². The Morgan fingerprint density at radius 1 is 1.14 bits per heavy atom. The van der Waals surface area contributed by atoms with E-state index in [0.717, 1.165) is 24.8 Å². The van der Waals surface area contributed by atoms with E-state index in [-0.39, 0.29) is 17.5 Å². The molecule has 21 heavy (non-hydrogen) atoms. The first-order valence-electron chi connectivity index (χ1n) is 8.00. The van der Waals surface area contributed by atoms with Crippen LogP contribution in [0.2, 0.25) is 0 Å². The quantitative estimate of drug-likeness (QED) is 0.803. The zero-order valence-electron chi connectivity index (χ0n) is 14.1. The van der Waals surface area contributed by atoms with Gasteiger partial charge in [-0.05, 0) is 29.4 Å². The first-order chi connectivity index (χ1) is 9.86. The Balaban J connectivity index is 2.46. The van der Waals surface area contributed by atoms with Crippen LogP contribution in [0.1, 0.15) is 65.0 Å². The van der Waals surface area contributed by atoms with Crippen molar-refractivity contribution in [3.8, 4) is 0 Å². The molecule has 3 heteroatoms. The highest BCUT2D eigenvalue weighted by molar-refractivity contribution is 5.74. The van der Waals surface area contributed by atoms with Crippen LogP contribution >= 0.6 is 0 Å². The largest absolute Gasteiger partial charge is 0.335 e. The summed E-state index contributed by atoms with van der Waals surface area (Å²) in [6.45, 7) is 11.4. The molecule has 0 saturated carbocycles. The summed E-state index contributed by atoms with van der Waals surface area (Å²) >= 11 is 0. The van der Waals surface area contributed by atoms with E-state index in [1.54, 1.807) is 0 Å². The fraction of sp³-hybridized carbons (Fsp3) is 0.611. The lowest BCUT2D eigenvalue weighted by molar-refractivity contribution is 0.235. The Labute approximate surface area is 129 Å². The van der Waals surface area contributed by atoms with Crippen LogP contribution in [-0.4, -0.2) is 12.1 Å². The van der Waals surface area contributed by atoms with Crippen LogP contribution in [0.25, 0.3) is 0 Å². The Morgan fingerprint density at radius 2 is 1.76 bits per heavy atom. The van der Waals surface area contributed by atoms with E-state index in [4.69, 9.17) is 0 Å². The van der Waals surface area contributed by atoms with Gasteiger partial charge in [0.15, 0.2) is 0 Å². The zero-order chi connectivity index (χ0) is 15.9. The lowest BCUT2D eigenvalue weighted by Gasteiger charge is -2.19. The van der Waals surface area contributed by atoms with Crippen LogP contribution in [-0.2, 0) is 12.0 Å². The molecule has 0 aliphatic heterocycles. The van der Waals surface area contributed by atoms with Gasteiger partial charge in [0.1, 0.15) is 0 Å². The van der Waals surface area contributed by atoms with E-state index in [9.17, 15) is 4.79 Å². The molecule has 1 unspecified atom stereocenters. The number of hydrogen-bond acceptors (Lipinski definition) is 1. The maximum absolute atomic E-state index is 11.9. The minimum atomic E-state index is -0.0739. The summed E-state index contributed by atoms with van der Waals surface area (Å²) in [5.74, 6) is 0. The molecule has 0 bridgehead atoms. The molecule has 118 valence electrons. The second-order valence-corrected chi connectivity index (χ2v) is 6.67. The third-order valence-corrected chi connectivity index (χ3v) is 3.74. The highest BCUT2D eigenvalue weighted by atomic mass is 16.2. The summed E-state index contributed by atoms with van der Waals surface area (Å²) in [5.41, 5.74) is 2.60. The highest BCUT2D eigenvalue weighted by Crippen LogP contribution is 2.22. The molecule has 1 atom stereocenters. The molecule has 0 aliphatic rings. The van der Waals surface area contributed by atoms with Gasteiger partial charge in [-0.25, -0.2) is 4.79 Å². The number of hydrogen-bond donors (Lipinski definition) is 2. The molecule has 0 aromatic heterocycles. The van der Waals surface area contributed by atoms with Crippen molar-refractivity contribution < 1.29 is 4.79 Å². The minimum absolute atomic E-state index is 0.0739. The van der Waals surface area contributed by atoms with Gasteiger partial charge in [0.25, 0.3) is 0 Å². The van der Waals surface area contributed by atoms with E-state index in [0.29, 0.717) is 6.54 Å². The predicted octanol–water partition coefficient (Wildman–Crippen LogP) is 4.36. The Morgan fingerprint density at radius 3 is 2.24 bits per heavy atom. The van der Waals surface area contributed by atoms with Crippen LogP contribution in [0.5, 0.6) is 0 Å². The molecule has 0 fully saturated rings. The van der Waals surface area contributed by atoms with E-state index in [1.165, 1.54) is 5.56 Å². The fourth-order valence-corrected chi connectivity index (χ4v) is 2.27. The van der Waals surface area contributed by atoms with Crippen molar-refractivity contribution in [3.05, 3.63) is 35.4 Å². The Kier molecular flexibility index (Phi) is 6.73. The van der Waals surface area contributed by atoms with Gasteiger partial charge in [-0.2, -0.15) is 0 Å². The number of urea groups is 1. The lowest BCUT2D eigenvalue weighted by atomic mass is 9.87. The van der Waals surface area contributed by atoms with Crippen molar-refractivity contribution in [1.82, 2.24) is 10.6 Å². The number of carbonyl (C=O) groups excluding carboxylic acids is 1. The Bertz CT molecular complexity index is 432.